The molecule has 0 fully saturated rings. The van der Waals surface area contributed by atoms with E-state index in [4.69, 9.17) is 11.6 Å². The number of guanidine groups is 1. The number of aromatic nitrogens is 5. The largest absolute Gasteiger partial charge is 0.355 e. The minimum Gasteiger partial charge on any atom is -0.355 e. The van der Waals surface area contributed by atoms with E-state index in [2.05, 4.69) is 37.8 Å². The lowest BCUT2D eigenvalue weighted by Crippen LogP contribution is -2.41. The summed E-state index contributed by atoms with van der Waals surface area (Å²) >= 11 is 6.03. The van der Waals surface area contributed by atoms with Gasteiger partial charge in [-0.1, -0.05) is 30.7 Å². The number of aryl methyl sites for hydroxylation is 1. The van der Waals surface area contributed by atoms with Gasteiger partial charge in [0.05, 0.1) is 6.04 Å². The Hall–Kier alpha value is -2.14. The molecule has 0 radical (unpaired) electrons. The van der Waals surface area contributed by atoms with E-state index in [0.29, 0.717) is 11.6 Å². The molecule has 0 amide bonds. The molecule has 1 atom stereocenters. The van der Waals surface area contributed by atoms with Crippen molar-refractivity contribution in [1.82, 2.24) is 35.2 Å². The Balaban J connectivity index is 0.00000300. The predicted molar refractivity (Wildman–Crippen MR) is 126 cm³/mol. The average Bonchev–Trinajstić information content (AvgIpc) is 3.40. The molecule has 2 aromatic heterocycles. The fraction of sp³-hybridized carbons (Fsp3) is 0.368. The molecule has 0 saturated carbocycles. The number of halogens is 2. The standard InChI is InChI=1S/C19H25ClN8.HI/c1-3-18-26-24-14-27(18)12-10-22-19(21-2)23-13-17(28-11-4-9-25-28)15-5-7-16(20)8-6-15;/h4-9,11,14,17H,3,10,12-13H2,1-2H3,(H2,21,22,23);1H. The van der Waals surface area contributed by atoms with Crippen molar-refractivity contribution >= 4 is 41.5 Å². The third-order valence-electron chi connectivity index (χ3n) is 4.44. The molecule has 0 saturated heterocycles. The maximum atomic E-state index is 6.03. The summed E-state index contributed by atoms with van der Waals surface area (Å²) in [5.41, 5.74) is 1.12. The van der Waals surface area contributed by atoms with E-state index in [9.17, 15) is 0 Å². The Bertz CT molecular complexity index is 876. The van der Waals surface area contributed by atoms with Crippen molar-refractivity contribution in [3.8, 4) is 0 Å². The van der Waals surface area contributed by atoms with Gasteiger partial charge in [0.15, 0.2) is 5.96 Å². The Morgan fingerprint density at radius 2 is 2.03 bits per heavy atom. The summed E-state index contributed by atoms with van der Waals surface area (Å²) in [6.45, 7) is 4.20. The first-order chi connectivity index (χ1) is 13.7. The average molecular weight is 529 g/mol. The van der Waals surface area contributed by atoms with Crippen LogP contribution in [0.5, 0.6) is 0 Å². The normalized spacial score (nSPS) is 12.3. The molecule has 2 heterocycles. The van der Waals surface area contributed by atoms with Gasteiger partial charge in [0.2, 0.25) is 0 Å². The summed E-state index contributed by atoms with van der Waals surface area (Å²) in [5.74, 6) is 1.71. The number of rotatable bonds is 8. The molecular weight excluding hydrogens is 503 g/mol. The van der Waals surface area contributed by atoms with Crippen LogP contribution in [0.1, 0.15) is 24.4 Å². The van der Waals surface area contributed by atoms with Gasteiger partial charge >= 0.3 is 0 Å². The monoisotopic (exact) mass is 528 g/mol. The van der Waals surface area contributed by atoms with E-state index < -0.39 is 0 Å². The van der Waals surface area contributed by atoms with Gasteiger partial charge in [-0.2, -0.15) is 5.10 Å². The highest BCUT2D eigenvalue weighted by atomic mass is 127. The summed E-state index contributed by atoms with van der Waals surface area (Å²) in [4.78, 5) is 4.31. The van der Waals surface area contributed by atoms with Gasteiger partial charge in [-0.15, -0.1) is 34.2 Å². The molecule has 8 nitrogen and oxygen atoms in total. The van der Waals surface area contributed by atoms with Crippen LogP contribution < -0.4 is 10.6 Å². The zero-order valence-electron chi connectivity index (χ0n) is 16.5. The molecule has 0 spiro atoms. The first kappa shape index (κ1) is 23.1. The summed E-state index contributed by atoms with van der Waals surface area (Å²) < 4.78 is 3.97. The maximum absolute atomic E-state index is 6.03. The van der Waals surface area contributed by atoms with Crippen molar-refractivity contribution in [2.45, 2.75) is 25.9 Å². The van der Waals surface area contributed by atoms with Gasteiger partial charge in [-0.3, -0.25) is 9.67 Å². The zero-order chi connectivity index (χ0) is 19.8. The van der Waals surface area contributed by atoms with Crippen LogP contribution in [0.2, 0.25) is 5.02 Å². The third kappa shape index (κ3) is 6.43. The van der Waals surface area contributed by atoms with Gasteiger partial charge < -0.3 is 15.2 Å². The lowest BCUT2D eigenvalue weighted by Gasteiger charge is -2.21. The molecule has 3 rings (SSSR count). The van der Waals surface area contributed by atoms with Crippen molar-refractivity contribution in [3.05, 3.63) is 65.5 Å². The predicted octanol–water partition coefficient (Wildman–Crippen LogP) is 2.76. The van der Waals surface area contributed by atoms with Gasteiger partial charge in [0, 0.05) is 50.5 Å². The molecule has 0 aliphatic carbocycles. The van der Waals surface area contributed by atoms with Gasteiger partial charge in [0.25, 0.3) is 0 Å². The third-order valence-corrected chi connectivity index (χ3v) is 4.69. The van der Waals surface area contributed by atoms with E-state index in [1.54, 1.807) is 19.6 Å². The molecule has 3 aromatic rings. The van der Waals surface area contributed by atoms with Crippen molar-refractivity contribution < 1.29 is 0 Å². The second-order valence-electron chi connectivity index (χ2n) is 6.23. The second-order valence-corrected chi connectivity index (χ2v) is 6.66. The number of hydrogen-bond donors (Lipinski definition) is 2. The lowest BCUT2D eigenvalue weighted by atomic mass is 10.1. The van der Waals surface area contributed by atoms with E-state index in [0.717, 1.165) is 36.9 Å². The summed E-state index contributed by atoms with van der Waals surface area (Å²) in [5, 5.41) is 19.9. The number of nitrogens with one attached hydrogen (secondary N) is 2. The minimum absolute atomic E-state index is 0. The van der Waals surface area contributed by atoms with E-state index in [1.807, 2.05) is 45.8 Å². The Morgan fingerprint density at radius 1 is 1.24 bits per heavy atom. The van der Waals surface area contributed by atoms with Crippen LogP contribution in [0.4, 0.5) is 0 Å². The van der Waals surface area contributed by atoms with Crippen LogP contribution in [-0.2, 0) is 13.0 Å². The summed E-state index contributed by atoms with van der Waals surface area (Å²) in [6.07, 6.45) is 6.35. The molecular formula is C19H26ClIN8. The molecule has 10 heteroatoms. The first-order valence-electron chi connectivity index (χ1n) is 9.27. The lowest BCUT2D eigenvalue weighted by molar-refractivity contribution is 0.509. The fourth-order valence-corrected chi connectivity index (χ4v) is 3.09. The van der Waals surface area contributed by atoms with Crippen LogP contribution in [0.15, 0.2) is 54.0 Å². The molecule has 0 aliphatic heterocycles. The molecule has 156 valence electrons. The zero-order valence-corrected chi connectivity index (χ0v) is 19.6. The number of benzene rings is 1. The maximum Gasteiger partial charge on any atom is 0.191 e. The van der Waals surface area contributed by atoms with E-state index in [-0.39, 0.29) is 30.0 Å². The SMILES string of the molecule is CCc1nncn1CCNC(=NC)NCC(c1ccc(Cl)cc1)n1cccn1.I. The highest BCUT2D eigenvalue weighted by Gasteiger charge is 2.15. The number of nitrogens with zero attached hydrogens (tertiary/aromatic N) is 6. The highest BCUT2D eigenvalue weighted by molar-refractivity contribution is 14.0. The molecule has 29 heavy (non-hydrogen) atoms. The number of hydrogen-bond acceptors (Lipinski definition) is 4. The fourth-order valence-electron chi connectivity index (χ4n) is 2.96. The van der Waals surface area contributed by atoms with Crippen molar-refractivity contribution in [1.29, 1.82) is 0 Å². The molecule has 2 N–H and O–H groups in total. The molecule has 1 unspecified atom stereocenters. The topological polar surface area (TPSA) is 85.0 Å². The van der Waals surface area contributed by atoms with Crippen molar-refractivity contribution in [2.75, 3.05) is 20.1 Å². The quantitative estimate of drug-likeness (QED) is 0.267. The molecule has 0 aliphatic rings. The number of aliphatic imine (C=N–C) groups is 1. The van der Waals surface area contributed by atoms with Crippen molar-refractivity contribution in [2.24, 2.45) is 4.99 Å². The molecule has 0 bridgehead atoms. The van der Waals surface area contributed by atoms with Crippen LogP contribution in [0, 0.1) is 0 Å². The van der Waals surface area contributed by atoms with Crippen LogP contribution >= 0.6 is 35.6 Å². The Kier molecular flexibility index (Phi) is 9.39. The van der Waals surface area contributed by atoms with Crippen LogP contribution in [0.3, 0.4) is 0 Å². The van der Waals surface area contributed by atoms with E-state index in [1.165, 1.54) is 0 Å². The minimum atomic E-state index is 0. The van der Waals surface area contributed by atoms with E-state index >= 15 is 0 Å². The van der Waals surface area contributed by atoms with Gasteiger partial charge in [-0.05, 0) is 23.8 Å². The Labute approximate surface area is 192 Å². The summed E-state index contributed by atoms with van der Waals surface area (Å²) in [6, 6.07) is 9.77. The Morgan fingerprint density at radius 3 is 2.69 bits per heavy atom. The van der Waals surface area contributed by atoms with Gasteiger partial charge in [-0.25, -0.2) is 0 Å². The molecule has 1 aromatic carbocycles. The highest BCUT2D eigenvalue weighted by Crippen LogP contribution is 2.19. The van der Waals surface area contributed by atoms with Crippen LogP contribution in [0.25, 0.3) is 0 Å². The summed E-state index contributed by atoms with van der Waals surface area (Å²) in [7, 11) is 1.76. The second kappa shape index (κ2) is 11.8. The van der Waals surface area contributed by atoms with Gasteiger partial charge in [0.1, 0.15) is 12.2 Å². The smallest absolute Gasteiger partial charge is 0.191 e. The first-order valence-corrected chi connectivity index (χ1v) is 9.64. The van der Waals surface area contributed by atoms with Crippen LogP contribution in [-0.4, -0.2) is 50.6 Å². The van der Waals surface area contributed by atoms with Crippen molar-refractivity contribution in [3.63, 3.8) is 0 Å².